The summed E-state index contributed by atoms with van der Waals surface area (Å²) >= 11 is 1.48. The van der Waals surface area contributed by atoms with Crippen molar-refractivity contribution in [2.45, 2.75) is 38.8 Å². The first kappa shape index (κ1) is 19.7. The molecule has 0 radical (unpaired) electrons. The summed E-state index contributed by atoms with van der Waals surface area (Å²) in [4.78, 5) is 24.0. The van der Waals surface area contributed by atoms with Crippen molar-refractivity contribution in [3.05, 3.63) is 41.2 Å². The molecule has 4 rings (SSSR count). The summed E-state index contributed by atoms with van der Waals surface area (Å²) in [6.45, 7) is 8.34. The van der Waals surface area contributed by atoms with Crippen molar-refractivity contribution in [1.29, 1.82) is 0 Å². The van der Waals surface area contributed by atoms with Gasteiger partial charge in [0.15, 0.2) is 0 Å². The molecule has 0 bridgehead atoms. The zero-order valence-electron chi connectivity index (χ0n) is 17.3. The van der Waals surface area contributed by atoms with Gasteiger partial charge in [-0.3, -0.25) is 4.79 Å². The van der Waals surface area contributed by atoms with Crippen LogP contribution in [0.3, 0.4) is 0 Å². The minimum atomic E-state index is -0.0647. The number of nitrogens with zero attached hydrogens (tertiary/aromatic N) is 5. The van der Waals surface area contributed by atoms with Crippen molar-refractivity contribution in [3.63, 3.8) is 0 Å². The Hall–Kier alpha value is -2.61. The summed E-state index contributed by atoms with van der Waals surface area (Å²) < 4.78 is 1.72. The van der Waals surface area contributed by atoms with Crippen LogP contribution < -0.4 is 10.2 Å². The summed E-state index contributed by atoms with van der Waals surface area (Å²) in [5, 5.41) is 8.12. The molecule has 3 heterocycles. The van der Waals surface area contributed by atoms with Crippen LogP contribution in [0.15, 0.2) is 29.4 Å². The Morgan fingerprint density at radius 1 is 1.24 bits per heavy atom. The van der Waals surface area contributed by atoms with Gasteiger partial charge in [-0.2, -0.15) is 4.98 Å². The molecule has 1 aliphatic rings. The van der Waals surface area contributed by atoms with Crippen LogP contribution >= 0.6 is 11.8 Å². The van der Waals surface area contributed by atoms with E-state index in [1.54, 1.807) is 4.52 Å². The third-order valence-corrected chi connectivity index (χ3v) is 6.03. The van der Waals surface area contributed by atoms with Gasteiger partial charge in [-0.05, 0) is 56.7 Å². The standard InChI is InChI=1S/C21H26N6OS/c1-13-9-10-26(12-13)17-7-5-16(6-8-17)23-19(28)11-18-14(2)22-20-24-21(29-4)25-27(20)15(18)3/h5-8,13H,9-12H2,1-4H3,(H,23,28). The third kappa shape index (κ3) is 4.07. The van der Waals surface area contributed by atoms with Gasteiger partial charge in [-0.1, -0.05) is 18.7 Å². The van der Waals surface area contributed by atoms with E-state index in [2.05, 4.69) is 44.3 Å². The fourth-order valence-electron chi connectivity index (χ4n) is 3.82. The van der Waals surface area contributed by atoms with Crippen molar-refractivity contribution in [2.24, 2.45) is 5.92 Å². The number of carbonyl (C=O) groups excluding carboxylic acids is 1. The molecule has 0 aliphatic carbocycles. The van der Waals surface area contributed by atoms with Crippen LogP contribution in [0.4, 0.5) is 11.4 Å². The topological polar surface area (TPSA) is 75.4 Å². The van der Waals surface area contributed by atoms with Gasteiger partial charge in [0, 0.05) is 41.4 Å². The van der Waals surface area contributed by atoms with Crippen molar-refractivity contribution in [3.8, 4) is 0 Å². The number of amides is 1. The van der Waals surface area contributed by atoms with Gasteiger partial charge in [0.25, 0.3) is 5.78 Å². The fraction of sp³-hybridized carbons (Fsp3) is 0.429. The summed E-state index contributed by atoms with van der Waals surface area (Å²) in [5.74, 6) is 1.24. The Morgan fingerprint density at radius 3 is 2.66 bits per heavy atom. The molecule has 1 saturated heterocycles. The van der Waals surface area contributed by atoms with E-state index in [0.717, 1.165) is 41.6 Å². The lowest BCUT2D eigenvalue weighted by molar-refractivity contribution is -0.115. The summed E-state index contributed by atoms with van der Waals surface area (Å²) in [6.07, 6.45) is 3.42. The molecule has 0 saturated carbocycles. The Morgan fingerprint density at radius 2 is 2.00 bits per heavy atom. The average molecular weight is 411 g/mol. The predicted octanol–water partition coefficient (Wildman–Crippen LogP) is 3.49. The van der Waals surface area contributed by atoms with Gasteiger partial charge in [-0.15, -0.1) is 5.10 Å². The molecule has 1 fully saturated rings. The molecule has 3 aromatic rings. The molecule has 0 spiro atoms. The first-order valence-corrected chi connectivity index (χ1v) is 11.1. The SMILES string of the molecule is CSc1nc2nc(C)c(CC(=O)Nc3ccc(N4CCC(C)C4)cc3)c(C)n2n1. The maximum Gasteiger partial charge on any atom is 0.253 e. The van der Waals surface area contributed by atoms with E-state index in [0.29, 0.717) is 10.9 Å². The highest BCUT2D eigenvalue weighted by molar-refractivity contribution is 7.98. The van der Waals surface area contributed by atoms with Crippen molar-refractivity contribution >= 4 is 34.8 Å². The molecule has 29 heavy (non-hydrogen) atoms. The summed E-state index contributed by atoms with van der Waals surface area (Å²) in [7, 11) is 0. The number of aromatic nitrogens is 4. The highest BCUT2D eigenvalue weighted by Gasteiger charge is 2.19. The monoisotopic (exact) mass is 410 g/mol. The fourth-order valence-corrected chi connectivity index (χ4v) is 4.16. The Balaban J connectivity index is 1.47. The van der Waals surface area contributed by atoms with Crippen molar-refractivity contribution in [1.82, 2.24) is 19.6 Å². The van der Waals surface area contributed by atoms with E-state index in [1.807, 2.05) is 32.2 Å². The lowest BCUT2D eigenvalue weighted by atomic mass is 10.1. The van der Waals surface area contributed by atoms with Gasteiger partial charge in [0.2, 0.25) is 11.1 Å². The molecule has 8 heteroatoms. The van der Waals surface area contributed by atoms with Crippen LogP contribution in [0.1, 0.15) is 30.3 Å². The van der Waals surface area contributed by atoms with Crippen LogP contribution in [0.2, 0.25) is 0 Å². The molecule has 2 aromatic heterocycles. The van der Waals surface area contributed by atoms with Crippen LogP contribution in [-0.4, -0.2) is 44.8 Å². The first-order chi connectivity index (χ1) is 13.9. The number of thioether (sulfide) groups is 1. The molecule has 1 aromatic carbocycles. The Kier molecular flexibility index (Phi) is 5.45. The highest BCUT2D eigenvalue weighted by atomic mass is 32.2. The molecule has 152 valence electrons. The number of nitrogens with one attached hydrogen (secondary N) is 1. The number of anilines is 2. The number of aryl methyl sites for hydroxylation is 2. The molecule has 1 amide bonds. The van der Waals surface area contributed by atoms with E-state index < -0.39 is 0 Å². The minimum absolute atomic E-state index is 0.0647. The lowest BCUT2D eigenvalue weighted by Crippen LogP contribution is -2.19. The van der Waals surface area contributed by atoms with Gasteiger partial charge in [0.1, 0.15) is 0 Å². The zero-order valence-corrected chi connectivity index (χ0v) is 18.1. The van der Waals surface area contributed by atoms with Crippen molar-refractivity contribution in [2.75, 3.05) is 29.6 Å². The molecule has 1 atom stereocenters. The number of hydrogen-bond acceptors (Lipinski definition) is 6. The lowest BCUT2D eigenvalue weighted by Gasteiger charge is -2.18. The van der Waals surface area contributed by atoms with E-state index in [9.17, 15) is 4.79 Å². The van der Waals surface area contributed by atoms with Gasteiger partial charge >= 0.3 is 0 Å². The molecular formula is C21H26N6OS. The first-order valence-electron chi connectivity index (χ1n) is 9.86. The molecule has 1 N–H and O–H groups in total. The minimum Gasteiger partial charge on any atom is -0.371 e. The van der Waals surface area contributed by atoms with Crippen LogP contribution in [0.5, 0.6) is 0 Å². The van der Waals surface area contributed by atoms with E-state index in [1.165, 1.54) is 23.9 Å². The van der Waals surface area contributed by atoms with E-state index in [4.69, 9.17) is 0 Å². The van der Waals surface area contributed by atoms with E-state index >= 15 is 0 Å². The van der Waals surface area contributed by atoms with Crippen LogP contribution in [-0.2, 0) is 11.2 Å². The molecular weight excluding hydrogens is 384 g/mol. The Bertz CT molecular complexity index is 1050. The summed E-state index contributed by atoms with van der Waals surface area (Å²) in [6, 6.07) is 8.10. The van der Waals surface area contributed by atoms with Crippen molar-refractivity contribution < 1.29 is 4.79 Å². The summed E-state index contributed by atoms with van der Waals surface area (Å²) in [5.41, 5.74) is 4.61. The van der Waals surface area contributed by atoms with Gasteiger partial charge in [0.05, 0.1) is 6.42 Å². The normalized spacial score (nSPS) is 16.6. The van der Waals surface area contributed by atoms with Crippen LogP contribution in [0.25, 0.3) is 5.78 Å². The molecule has 7 nitrogen and oxygen atoms in total. The second-order valence-electron chi connectivity index (χ2n) is 7.68. The van der Waals surface area contributed by atoms with Crippen LogP contribution in [0, 0.1) is 19.8 Å². The third-order valence-electron chi connectivity index (χ3n) is 5.49. The largest absolute Gasteiger partial charge is 0.371 e. The van der Waals surface area contributed by atoms with E-state index in [-0.39, 0.29) is 12.3 Å². The number of benzene rings is 1. The van der Waals surface area contributed by atoms with Gasteiger partial charge in [-0.25, -0.2) is 9.50 Å². The maximum absolute atomic E-state index is 12.7. The molecule has 1 aliphatic heterocycles. The molecule has 1 unspecified atom stereocenters. The predicted molar refractivity (Wildman–Crippen MR) is 117 cm³/mol. The zero-order chi connectivity index (χ0) is 20.5. The average Bonchev–Trinajstić information content (AvgIpc) is 3.32. The highest BCUT2D eigenvalue weighted by Crippen LogP contribution is 2.25. The number of fused-ring (bicyclic) bond motifs is 1. The second kappa shape index (κ2) is 8.02. The maximum atomic E-state index is 12.7. The number of rotatable bonds is 5. The Labute approximate surface area is 174 Å². The van der Waals surface area contributed by atoms with Gasteiger partial charge < -0.3 is 10.2 Å². The number of hydrogen-bond donors (Lipinski definition) is 1. The number of carbonyl (C=O) groups is 1. The second-order valence-corrected chi connectivity index (χ2v) is 8.46. The smallest absolute Gasteiger partial charge is 0.253 e. The quantitative estimate of drug-likeness (QED) is 0.649.